The lowest BCUT2D eigenvalue weighted by Gasteiger charge is -2.15. The van der Waals surface area contributed by atoms with Gasteiger partial charge in [0.05, 0.1) is 0 Å². The molecule has 1 heteroatoms. The van der Waals surface area contributed by atoms with Gasteiger partial charge in [0.25, 0.3) is 0 Å². The predicted octanol–water partition coefficient (Wildman–Crippen LogP) is 6.40. The number of hydrogen-bond donors (Lipinski definition) is 0. The molecule has 0 N–H and O–H groups in total. The lowest BCUT2D eigenvalue weighted by atomic mass is 9.91. The van der Waals surface area contributed by atoms with Crippen LogP contribution >= 0.6 is 0 Å². The van der Waals surface area contributed by atoms with E-state index in [2.05, 4.69) is 20.8 Å². The molecule has 0 aromatic carbocycles. The lowest BCUT2D eigenvalue weighted by Crippen LogP contribution is -2.05. The molecule has 0 aliphatic heterocycles. The molecule has 0 unspecified atom stereocenters. The molecule has 0 amide bonds. The topological polar surface area (TPSA) is 17.1 Å². The summed E-state index contributed by atoms with van der Waals surface area (Å²) in [4.78, 5) is 11.5. The molecule has 0 aliphatic carbocycles. The van der Waals surface area contributed by atoms with E-state index in [9.17, 15) is 4.79 Å². The molecule has 0 saturated carbocycles. The maximum Gasteiger partial charge on any atom is 0.135 e. The number of carbonyl (C=O) groups is 1. The number of Topliss-reactive ketones (excluding diaryl/α,β-unsaturated/α-hetero) is 1. The zero-order chi connectivity index (χ0) is 15.4. The minimum atomic E-state index is 0.224. The summed E-state index contributed by atoms with van der Waals surface area (Å²) in [5, 5.41) is 0. The van der Waals surface area contributed by atoms with Crippen LogP contribution in [0.3, 0.4) is 0 Å². The average molecular weight is 283 g/mol. The van der Waals surface area contributed by atoms with Gasteiger partial charge in [-0.2, -0.15) is 0 Å². The molecule has 0 fully saturated rings. The van der Waals surface area contributed by atoms with Crippen LogP contribution in [-0.2, 0) is 4.79 Å². The maximum atomic E-state index is 11.5. The van der Waals surface area contributed by atoms with Crippen molar-refractivity contribution in [2.45, 2.75) is 98.8 Å². The Balaban J connectivity index is 3.30. The molecular weight excluding hydrogens is 244 g/mol. The summed E-state index contributed by atoms with van der Waals surface area (Å²) in [6.45, 7) is 11.1. The smallest absolute Gasteiger partial charge is 0.135 e. The first-order valence-electron chi connectivity index (χ1n) is 9.00. The van der Waals surface area contributed by atoms with Crippen molar-refractivity contribution in [1.82, 2.24) is 0 Å². The van der Waals surface area contributed by atoms with Crippen LogP contribution in [0.2, 0.25) is 0 Å². The maximum absolute atomic E-state index is 11.5. The Bertz CT molecular complexity index is 232. The highest BCUT2D eigenvalue weighted by Gasteiger charge is 2.07. The minimum absolute atomic E-state index is 0.224. The van der Waals surface area contributed by atoms with Crippen LogP contribution in [0, 0.1) is 17.8 Å². The Labute approximate surface area is 127 Å². The average Bonchev–Trinajstić information content (AvgIpc) is 2.40. The molecule has 0 saturated heterocycles. The van der Waals surface area contributed by atoms with Crippen molar-refractivity contribution in [2.75, 3.05) is 0 Å². The van der Waals surface area contributed by atoms with Crippen molar-refractivity contribution in [3.63, 3.8) is 0 Å². The van der Waals surface area contributed by atoms with E-state index in [1.54, 1.807) is 0 Å². The molecule has 0 aromatic rings. The van der Waals surface area contributed by atoms with Crippen LogP contribution in [0.5, 0.6) is 0 Å². The Morgan fingerprint density at radius 2 is 1.35 bits per heavy atom. The molecule has 2 atom stereocenters. The molecule has 0 heterocycles. The van der Waals surface area contributed by atoms with Crippen molar-refractivity contribution in [3.05, 3.63) is 0 Å². The molecule has 0 rings (SSSR count). The van der Waals surface area contributed by atoms with Crippen LogP contribution in [0.4, 0.5) is 0 Å². The summed E-state index contributed by atoms with van der Waals surface area (Å²) in [7, 11) is 0. The van der Waals surface area contributed by atoms with E-state index in [0.29, 0.717) is 5.78 Å². The van der Waals surface area contributed by atoms with Gasteiger partial charge in [-0.1, -0.05) is 79.6 Å². The van der Waals surface area contributed by atoms with Crippen LogP contribution < -0.4 is 0 Å². The van der Waals surface area contributed by atoms with Gasteiger partial charge >= 0.3 is 0 Å². The van der Waals surface area contributed by atoms with Crippen molar-refractivity contribution in [2.24, 2.45) is 17.8 Å². The fraction of sp³-hybridized carbons (Fsp3) is 0.947. The highest BCUT2D eigenvalue weighted by Crippen LogP contribution is 2.20. The summed E-state index contributed by atoms with van der Waals surface area (Å²) in [5.74, 6) is 2.45. The van der Waals surface area contributed by atoms with Gasteiger partial charge in [0.1, 0.15) is 5.78 Å². The SMILES string of the molecule is CC[C@H](C)C[C@H](C)CCCCCCCCC(=O)C(C)C. The first kappa shape index (κ1) is 19.7. The van der Waals surface area contributed by atoms with Gasteiger partial charge in [-0.25, -0.2) is 0 Å². The molecule has 0 radical (unpaired) electrons. The monoisotopic (exact) mass is 282 g/mol. The second-order valence-electron chi connectivity index (χ2n) is 7.14. The van der Waals surface area contributed by atoms with Gasteiger partial charge in [0.15, 0.2) is 0 Å². The van der Waals surface area contributed by atoms with E-state index < -0.39 is 0 Å². The van der Waals surface area contributed by atoms with Crippen LogP contribution in [-0.4, -0.2) is 5.78 Å². The van der Waals surface area contributed by atoms with Gasteiger partial charge in [0, 0.05) is 12.3 Å². The van der Waals surface area contributed by atoms with Gasteiger partial charge in [0.2, 0.25) is 0 Å². The molecule has 0 bridgehead atoms. The van der Waals surface area contributed by atoms with Crippen molar-refractivity contribution < 1.29 is 4.79 Å². The third-order valence-corrected chi connectivity index (χ3v) is 4.52. The molecule has 20 heavy (non-hydrogen) atoms. The molecule has 0 aliphatic rings. The van der Waals surface area contributed by atoms with Gasteiger partial charge < -0.3 is 0 Å². The summed E-state index contributed by atoms with van der Waals surface area (Å²) in [6.07, 6.45) is 12.7. The van der Waals surface area contributed by atoms with Crippen molar-refractivity contribution in [3.8, 4) is 0 Å². The Kier molecular flexibility index (Phi) is 12.2. The van der Waals surface area contributed by atoms with Crippen LogP contribution in [0.15, 0.2) is 0 Å². The fourth-order valence-corrected chi connectivity index (χ4v) is 2.76. The van der Waals surface area contributed by atoms with Gasteiger partial charge in [-0.3, -0.25) is 4.79 Å². The van der Waals surface area contributed by atoms with E-state index in [4.69, 9.17) is 0 Å². The molecule has 120 valence electrons. The number of unbranched alkanes of at least 4 members (excludes halogenated alkanes) is 5. The third kappa shape index (κ3) is 11.5. The van der Waals surface area contributed by atoms with Crippen molar-refractivity contribution in [1.29, 1.82) is 0 Å². The Morgan fingerprint density at radius 1 is 0.800 bits per heavy atom. The first-order valence-corrected chi connectivity index (χ1v) is 9.00. The first-order chi connectivity index (χ1) is 9.47. The number of hydrogen-bond acceptors (Lipinski definition) is 1. The van der Waals surface area contributed by atoms with Gasteiger partial charge in [-0.05, 0) is 24.7 Å². The van der Waals surface area contributed by atoms with Gasteiger partial charge in [-0.15, -0.1) is 0 Å². The fourth-order valence-electron chi connectivity index (χ4n) is 2.76. The number of carbonyl (C=O) groups excluding carboxylic acids is 1. The normalized spacial score (nSPS) is 14.5. The summed E-state index contributed by atoms with van der Waals surface area (Å²) < 4.78 is 0. The highest BCUT2D eigenvalue weighted by molar-refractivity contribution is 5.80. The summed E-state index contributed by atoms with van der Waals surface area (Å²) in [5.41, 5.74) is 0. The standard InChI is InChI=1S/C19H38O/c1-6-17(4)15-18(5)13-11-9-7-8-10-12-14-19(20)16(2)3/h16-18H,6-15H2,1-5H3/t17-,18+/m0/s1. The minimum Gasteiger partial charge on any atom is -0.299 e. The number of rotatable bonds is 13. The molecular formula is C19H38O. The van der Waals surface area contributed by atoms with E-state index in [0.717, 1.165) is 24.7 Å². The van der Waals surface area contributed by atoms with E-state index in [1.165, 1.54) is 51.4 Å². The third-order valence-electron chi connectivity index (χ3n) is 4.52. The second kappa shape index (κ2) is 12.4. The van der Waals surface area contributed by atoms with Crippen molar-refractivity contribution >= 4 is 5.78 Å². The van der Waals surface area contributed by atoms with E-state index in [-0.39, 0.29) is 5.92 Å². The zero-order valence-corrected chi connectivity index (χ0v) is 14.7. The second-order valence-corrected chi connectivity index (χ2v) is 7.14. The number of ketones is 1. The summed E-state index contributed by atoms with van der Waals surface area (Å²) >= 11 is 0. The molecule has 1 nitrogen and oxygen atoms in total. The Hall–Kier alpha value is -0.330. The molecule has 0 spiro atoms. The zero-order valence-electron chi connectivity index (χ0n) is 14.7. The van der Waals surface area contributed by atoms with E-state index in [1.807, 2.05) is 13.8 Å². The molecule has 0 aromatic heterocycles. The van der Waals surface area contributed by atoms with Crippen LogP contribution in [0.1, 0.15) is 98.8 Å². The van der Waals surface area contributed by atoms with Crippen LogP contribution in [0.25, 0.3) is 0 Å². The largest absolute Gasteiger partial charge is 0.299 e. The summed E-state index contributed by atoms with van der Waals surface area (Å²) in [6, 6.07) is 0. The lowest BCUT2D eigenvalue weighted by molar-refractivity contribution is -0.122. The highest BCUT2D eigenvalue weighted by atomic mass is 16.1. The Morgan fingerprint density at radius 3 is 1.90 bits per heavy atom. The predicted molar refractivity (Wildman–Crippen MR) is 90.0 cm³/mol. The quantitative estimate of drug-likeness (QED) is 0.357. The van der Waals surface area contributed by atoms with E-state index >= 15 is 0 Å².